The van der Waals surface area contributed by atoms with Gasteiger partial charge in [-0.15, -0.1) is 0 Å². The maximum atomic E-state index is 12.8. The highest BCUT2D eigenvalue weighted by Gasteiger charge is 2.57. The number of hydrogen-bond donors (Lipinski definition) is 1. The van der Waals surface area contributed by atoms with Crippen LogP contribution in [-0.2, 0) is 28.6 Å². The summed E-state index contributed by atoms with van der Waals surface area (Å²) >= 11 is 0. The molecule has 2 rings (SSSR count). The predicted octanol–water partition coefficient (Wildman–Crippen LogP) is 1.64. The minimum Gasteiger partial charge on any atom is -0.466 e. The Morgan fingerprint density at radius 2 is 1.62 bits per heavy atom. The van der Waals surface area contributed by atoms with E-state index in [0.717, 1.165) is 0 Å². The van der Waals surface area contributed by atoms with Crippen LogP contribution in [0, 0.1) is 11.8 Å². The lowest BCUT2D eigenvalue weighted by Crippen LogP contribution is -2.55. The van der Waals surface area contributed by atoms with Crippen molar-refractivity contribution in [3.63, 3.8) is 0 Å². The lowest BCUT2D eigenvalue weighted by molar-refractivity contribution is -0.172. The van der Waals surface area contributed by atoms with Crippen molar-refractivity contribution in [3.8, 4) is 0 Å². The molecule has 8 heteroatoms. The summed E-state index contributed by atoms with van der Waals surface area (Å²) in [5.74, 6) is -5.97. The molecule has 0 aromatic heterocycles. The van der Waals surface area contributed by atoms with Crippen molar-refractivity contribution >= 4 is 23.7 Å². The Hall–Kier alpha value is -2.74. The van der Waals surface area contributed by atoms with Crippen molar-refractivity contribution < 1.29 is 38.5 Å². The fourth-order valence-electron chi connectivity index (χ4n) is 3.84. The smallest absolute Gasteiger partial charge is 0.337 e. The third kappa shape index (κ3) is 4.64. The average molecular weight is 406 g/mol. The van der Waals surface area contributed by atoms with E-state index in [2.05, 4.69) is 4.74 Å². The molecular weight excluding hydrogens is 380 g/mol. The van der Waals surface area contributed by atoms with Gasteiger partial charge in [0.25, 0.3) is 0 Å². The second-order valence-electron chi connectivity index (χ2n) is 7.10. The molecule has 4 atom stereocenters. The molecule has 0 unspecified atom stereocenters. The van der Waals surface area contributed by atoms with Gasteiger partial charge in [-0.1, -0.05) is 12.1 Å². The van der Waals surface area contributed by atoms with Gasteiger partial charge in [0.2, 0.25) is 0 Å². The largest absolute Gasteiger partial charge is 0.466 e. The van der Waals surface area contributed by atoms with Gasteiger partial charge in [-0.25, -0.2) is 4.79 Å². The molecule has 1 fully saturated rings. The molecule has 0 heterocycles. The fourth-order valence-corrected chi connectivity index (χ4v) is 3.84. The summed E-state index contributed by atoms with van der Waals surface area (Å²) in [6, 6.07) is 6.01. The zero-order valence-electron chi connectivity index (χ0n) is 17.0. The number of ketones is 1. The number of esters is 3. The molecule has 1 aromatic rings. The predicted molar refractivity (Wildman–Crippen MR) is 101 cm³/mol. The summed E-state index contributed by atoms with van der Waals surface area (Å²) in [5.41, 5.74) is -1.01. The third-order valence-electron chi connectivity index (χ3n) is 5.06. The first-order chi connectivity index (χ1) is 13.7. The molecule has 0 amide bonds. The van der Waals surface area contributed by atoms with Gasteiger partial charge in [0.1, 0.15) is 5.92 Å². The van der Waals surface area contributed by atoms with Crippen LogP contribution in [0.5, 0.6) is 0 Å². The molecule has 0 bridgehead atoms. The Morgan fingerprint density at radius 3 is 2.14 bits per heavy atom. The SMILES string of the molecule is CCOC(=O)[C@@H]1C(=O)C[C@](C)(O)[C@H](C(=O)OCC)[C@H]1c1ccc(C(=O)OC)cc1. The number of methoxy groups -OCH3 is 1. The average Bonchev–Trinajstić information content (AvgIpc) is 2.66. The van der Waals surface area contributed by atoms with Crippen LogP contribution in [0.2, 0.25) is 0 Å². The summed E-state index contributed by atoms with van der Waals surface area (Å²) in [7, 11) is 1.25. The van der Waals surface area contributed by atoms with Gasteiger partial charge in [0.05, 0.1) is 37.4 Å². The number of benzene rings is 1. The van der Waals surface area contributed by atoms with Crippen LogP contribution >= 0.6 is 0 Å². The fraction of sp³-hybridized carbons (Fsp3) is 0.524. The molecule has 1 N–H and O–H groups in total. The van der Waals surface area contributed by atoms with Crippen LogP contribution in [0.3, 0.4) is 0 Å². The summed E-state index contributed by atoms with van der Waals surface area (Å²) in [5, 5.41) is 10.9. The zero-order chi connectivity index (χ0) is 21.8. The Balaban J connectivity index is 2.59. The lowest BCUT2D eigenvalue weighted by atomic mass is 9.61. The molecule has 29 heavy (non-hydrogen) atoms. The molecular formula is C21H26O8. The maximum absolute atomic E-state index is 12.8. The van der Waals surface area contributed by atoms with Crippen molar-refractivity contribution in [2.45, 2.75) is 38.7 Å². The minimum absolute atomic E-state index is 0.0665. The van der Waals surface area contributed by atoms with Crippen molar-refractivity contribution in [2.24, 2.45) is 11.8 Å². The Morgan fingerprint density at radius 1 is 1.07 bits per heavy atom. The second kappa shape index (κ2) is 9.17. The van der Waals surface area contributed by atoms with Crippen molar-refractivity contribution in [2.75, 3.05) is 20.3 Å². The van der Waals surface area contributed by atoms with E-state index in [1.807, 2.05) is 0 Å². The van der Waals surface area contributed by atoms with Crippen LogP contribution in [0.25, 0.3) is 0 Å². The van der Waals surface area contributed by atoms with Crippen molar-refractivity contribution in [1.29, 1.82) is 0 Å². The number of rotatable bonds is 6. The van der Waals surface area contributed by atoms with Crippen LogP contribution in [-0.4, -0.2) is 54.7 Å². The lowest BCUT2D eigenvalue weighted by Gasteiger charge is -2.43. The van der Waals surface area contributed by atoms with Crippen LogP contribution in [0.4, 0.5) is 0 Å². The number of aliphatic hydroxyl groups is 1. The summed E-state index contributed by atoms with van der Waals surface area (Å²) < 4.78 is 14.9. The van der Waals surface area contributed by atoms with Gasteiger partial charge in [0.15, 0.2) is 5.78 Å². The topological polar surface area (TPSA) is 116 Å². The van der Waals surface area contributed by atoms with E-state index in [9.17, 15) is 24.3 Å². The van der Waals surface area contributed by atoms with Crippen LogP contribution < -0.4 is 0 Å². The van der Waals surface area contributed by atoms with Crippen molar-refractivity contribution in [1.82, 2.24) is 0 Å². The highest BCUT2D eigenvalue weighted by molar-refractivity contribution is 6.02. The van der Waals surface area contributed by atoms with Gasteiger partial charge in [-0.2, -0.15) is 0 Å². The van der Waals surface area contributed by atoms with Gasteiger partial charge < -0.3 is 19.3 Å². The van der Waals surface area contributed by atoms with E-state index in [1.165, 1.54) is 38.3 Å². The van der Waals surface area contributed by atoms with Crippen molar-refractivity contribution in [3.05, 3.63) is 35.4 Å². The standard InChI is InChI=1S/C21H26O8/c1-5-28-19(24)16-14(22)11-21(3,26)17(20(25)29-6-2)15(16)12-7-9-13(10-8-12)18(23)27-4/h7-10,15-17,26H,5-6,11H2,1-4H3/t15-,16+,17-,21-/m0/s1. The molecule has 0 radical (unpaired) electrons. The molecule has 1 aliphatic carbocycles. The maximum Gasteiger partial charge on any atom is 0.337 e. The van der Waals surface area contributed by atoms with Gasteiger partial charge in [-0.3, -0.25) is 14.4 Å². The minimum atomic E-state index is -1.71. The van der Waals surface area contributed by atoms with E-state index >= 15 is 0 Å². The zero-order valence-corrected chi connectivity index (χ0v) is 17.0. The summed E-state index contributed by atoms with van der Waals surface area (Å²) in [6.07, 6.45) is -0.378. The summed E-state index contributed by atoms with van der Waals surface area (Å²) in [4.78, 5) is 49.8. The van der Waals surface area contributed by atoms with E-state index in [4.69, 9.17) is 9.47 Å². The summed E-state index contributed by atoms with van der Waals surface area (Å²) in [6.45, 7) is 4.77. The highest BCUT2D eigenvalue weighted by atomic mass is 16.5. The number of hydrogen-bond acceptors (Lipinski definition) is 8. The molecule has 0 aliphatic heterocycles. The molecule has 0 saturated heterocycles. The molecule has 1 aromatic carbocycles. The number of carbonyl (C=O) groups excluding carboxylic acids is 4. The van der Waals surface area contributed by atoms with Crippen LogP contribution in [0.15, 0.2) is 24.3 Å². The van der Waals surface area contributed by atoms with Gasteiger partial charge in [0, 0.05) is 12.3 Å². The quantitative estimate of drug-likeness (QED) is 0.431. The third-order valence-corrected chi connectivity index (χ3v) is 5.06. The highest BCUT2D eigenvalue weighted by Crippen LogP contribution is 2.46. The molecule has 0 spiro atoms. The van der Waals surface area contributed by atoms with E-state index < -0.39 is 47.0 Å². The molecule has 1 aliphatic rings. The monoisotopic (exact) mass is 406 g/mol. The van der Waals surface area contributed by atoms with Crippen LogP contribution in [0.1, 0.15) is 49.0 Å². The molecule has 8 nitrogen and oxygen atoms in total. The first-order valence-corrected chi connectivity index (χ1v) is 9.44. The first-order valence-electron chi connectivity index (χ1n) is 9.44. The second-order valence-corrected chi connectivity index (χ2v) is 7.10. The van der Waals surface area contributed by atoms with E-state index in [0.29, 0.717) is 5.56 Å². The van der Waals surface area contributed by atoms with E-state index in [1.54, 1.807) is 13.8 Å². The molecule has 1 saturated carbocycles. The first kappa shape index (κ1) is 22.5. The van der Waals surface area contributed by atoms with Gasteiger partial charge in [-0.05, 0) is 38.5 Å². The molecule has 158 valence electrons. The number of Topliss-reactive ketones (excluding diaryl/α,β-unsaturated/α-hetero) is 1. The Labute approximate surface area is 169 Å². The van der Waals surface area contributed by atoms with Gasteiger partial charge >= 0.3 is 17.9 Å². The number of carbonyl (C=O) groups is 4. The normalized spacial score (nSPS) is 26.5. The Bertz CT molecular complexity index is 780. The number of ether oxygens (including phenoxy) is 3. The Kier molecular flexibility index (Phi) is 7.13. The van der Waals surface area contributed by atoms with E-state index in [-0.39, 0.29) is 25.2 Å².